The topological polar surface area (TPSA) is 110 Å². The van der Waals surface area contributed by atoms with Gasteiger partial charge in [0.1, 0.15) is 12.0 Å². The lowest BCUT2D eigenvalue weighted by Gasteiger charge is -2.25. The summed E-state index contributed by atoms with van der Waals surface area (Å²) in [6.45, 7) is 0.749. The van der Waals surface area contributed by atoms with E-state index >= 15 is 0 Å². The molecule has 1 aliphatic heterocycles. The molecule has 25 heavy (non-hydrogen) atoms. The van der Waals surface area contributed by atoms with Crippen LogP contribution >= 0.6 is 15.9 Å². The Labute approximate surface area is 154 Å². The highest BCUT2D eigenvalue weighted by Gasteiger charge is 2.23. The molecule has 10 heteroatoms. The summed E-state index contributed by atoms with van der Waals surface area (Å²) < 4.78 is 29.0. The number of benzene rings is 1. The molecule has 8 nitrogen and oxygen atoms in total. The number of sulfonamides is 1. The predicted molar refractivity (Wildman–Crippen MR) is 98.2 cm³/mol. The number of rotatable bonds is 5. The van der Waals surface area contributed by atoms with Gasteiger partial charge in [0.2, 0.25) is 16.0 Å². The summed E-state index contributed by atoms with van der Waals surface area (Å²) in [4.78, 5) is 10.8. The number of primary sulfonamides is 1. The van der Waals surface area contributed by atoms with Crippen molar-refractivity contribution in [1.29, 1.82) is 0 Å². The van der Waals surface area contributed by atoms with Gasteiger partial charge in [0, 0.05) is 25.5 Å². The maximum absolute atomic E-state index is 11.3. The standard InChI is InChI=1S/C15H18BrN5O3S/c1-21(13-3-2-8-24-13)14-12(16)9-18-15(20-14)19-10-4-6-11(7-5-10)25(17,22)23/h4-7,9,13H,2-3,8H2,1H3,(H2,17,22,23)(H,18,19,20). The molecule has 0 amide bonds. The van der Waals surface area contributed by atoms with Crippen molar-refractivity contribution in [2.24, 2.45) is 5.14 Å². The SMILES string of the molecule is CN(c1nc(Nc2ccc(S(N)(=O)=O)cc2)ncc1Br)C1CCCO1. The largest absolute Gasteiger partial charge is 0.358 e. The number of aromatic nitrogens is 2. The van der Waals surface area contributed by atoms with Crippen LogP contribution in [0.5, 0.6) is 0 Å². The van der Waals surface area contributed by atoms with E-state index in [2.05, 4.69) is 31.2 Å². The summed E-state index contributed by atoms with van der Waals surface area (Å²) >= 11 is 3.46. The summed E-state index contributed by atoms with van der Waals surface area (Å²) in [5.74, 6) is 1.11. The summed E-state index contributed by atoms with van der Waals surface area (Å²) in [6, 6.07) is 6.06. The number of halogens is 1. The molecule has 1 unspecified atom stereocenters. The van der Waals surface area contributed by atoms with E-state index in [-0.39, 0.29) is 11.1 Å². The molecule has 0 bridgehead atoms. The molecule has 2 heterocycles. The Bertz CT molecular complexity index is 854. The molecular weight excluding hydrogens is 410 g/mol. The van der Waals surface area contributed by atoms with Crippen LogP contribution in [-0.2, 0) is 14.8 Å². The van der Waals surface area contributed by atoms with Gasteiger partial charge in [-0.2, -0.15) is 4.98 Å². The van der Waals surface area contributed by atoms with E-state index in [1.54, 1.807) is 18.3 Å². The molecule has 1 aromatic carbocycles. The molecule has 1 atom stereocenters. The highest BCUT2D eigenvalue weighted by molar-refractivity contribution is 9.10. The number of nitrogens with zero attached hydrogens (tertiary/aromatic N) is 3. The van der Waals surface area contributed by atoms with Crippen LogP contribution in [0.2, 0.25) is 0 Å². The van der Waals surface area contributed by atoms with Crippen molar-refractivity contribution in [3.8, 4) is 0 Å². The summed E-state index contributed by atoms with van der Waals surface area (Å²) in [6.07, 6.45) is 3.63. The molecule has 1 fully saturated rings. The van der Waals surface area contributed by atoms with Gasteiger partial charge in [-0.1, -0.05) is 0 Å². The van der Waals surface area contributed by atoms with Crippen molar-refractivity contribution >= 4 is 43.4 Å². The second kappa shape index (κ2) is 7.24. The fraction of sp³-hybridized carbons (Fsp3) is 0.333. The van der Waals surface area contributed by atoms with Crippen LogP contribution in [0.3, 0.4) is 0 Å². The highest BCUT2D eigenvalue weighted by atomic mass is 79.9. The molecule has 1 aromatic heterocycles. The van der Waals surface area contributed by atoms with Crippen LogP contribution in [0.4, 0.5) is 17.5 Å². The average molecular weight is 428 g/mol. The van der Waals surface area contributed by atoms with Crippen molar-refractivity contribution in [2.45, 2.75) is 24.0 Å². The Morgan fingerprint density at radius 1 is 1.36 bits per heavy atom. The van der Waals surface area contributed by atoms with Gasteiger partial charge in [-0.15, -0.1) is 0 Å². The number of hydrogen-bond donors (Lipinski definition) is 2. The zero-order valence-electron chi connectivity index (χ0n) is 13.5. The van der Waals surface area contributed by atoms with E-state index in [9.17, 15) is 8.42 Å². The molecule has 3 rings (SSSR count). The normalized spacial score (nSPS) is 17.5. The van der Waals surface area contributed by atoms with Gasteiger partial charge in [-0.25, -0.2) is 18.5 Å². The first-order valence-electron chi connectivity index (χ1n) is 7.61. The van der Waals surface area contributed by atoms with Gasteiger partial charge in [0.15, 0.2) is 0 Å². The predicted octanol–water partition coefficient (Wildman–Crippen LogP) is 2.20. The Balaban J connectivity index is 1.80. The first kappa shape index (κ1) is 18.1. The smallest absolute Gasteiger partial charge is 0.238 e. The van der Waals surface area contributed by atoms with E-state index in [0.717, 1.165) is 23.9 Å². The lowest BCUT2D eigenvalue weighted by atomic mass is 10.3. The van der Waals surface area contributed by atoms with Crippen molar-refractivity contribution in [3.63, 3.8) is 0 Å². The van der Waals surface area contributed by atoms with E-state index in [1.807, 2.05) is 11.9 Å². The molecular formula is C15H18BrN5O3S. The number of nitrogens with two attached hydrogens (primary N) is 1. The number of nitrogens with one attached hydrogen (secondary N) is 1. The monoisotopic (exact) mass is 427 g/mol. The highest BCUT2D eigenvalue weighted by Crippen LogP contribution is 2.28. The Hall–Kier alpha value is -1.75. The van der Waals surface area contributed by atoms with E-state index in [0.29, 0.717) is 17.5 Å². The molecule has 0 saturated carbocycles. The molecule has 1 saturated heterocycles. The van der Waals surface area contributed by atoms with Gasteiger partial charge in [0.25, 0.3) is 0 Å². The van der Waals surface area contributed by atoms with Gasteiger partial charge in [-0.3, -0.25) is 0 Å². The number of hydrogen-bond acceptors (Lipinski definition) is 7. The second-order valence-electron chi connectivity index (χ2n) is 5.64. The Morgan fingerprint density at radius 2 is 2.08 bits per heavy atom. The Morgan fingerprint density at radius 3 is 2.68 bits per heavy atom. The van der Waals surface area contributed by atoms with Gasteiger partial charge in [-0.05, 0) is 53.0 Å². The van der Waals surface area contributed by atoms with Gasteiger partial charge < -0.3 is 15.0 Å². The minimum atomic E-state index is -3.71. The van der Waals surface area contributed by atoms with Crippen molar-refractivity contribution in [2.75, 3.05) is 23.9 Å². The van der Waals surface area contributed by atoms with Crippen molar-refractivity contribution in [3.05, 3.63) is 34.9 Å². The lowest BCUT2D eigenvalue weighted by Crippen LogP contribution is -2.31. The second-order valence-corrected chi connectivity index (χ2v) is 8.05. The molecule has 0 radical (unpaired) electrons. The first-order chi connectivity index (χ1) is 11.8. The fourth-order valence-electron chi connectivity index (χ4n) is 2.53. The quantitative estimate of drug-likeness (QED) is 0.751. The van der Waals surface area contributed by atoms with Crippen molar-refractivity contribution < 1.29 is 13.2 Å². The van der Waals surface area contributed by atoms with Gasteiger partial charge >= 0.3 is 0 Å². The minimum absolute atomic E-state index is 0.00639. The maximum Gasteiger partial charge on any atom is 0.238 e. The van der Waals surface area contributed by atoms with Crippen LogP contribution in [0, 0.1) is 0 Å². The molecule has 134 valence electrons. The van der Waals surface area contributed by atoms with Crippen LogP contribution < -0.4 is 15.4 Å². The van der Waals surface area contributed by atoms with E-state index in [4.69, 9.17) is 9.88 Å². The zero-order valence-corrected chi connectivity index (χ0v) is 15.9. The maximum atomic E-state index is 11.3. The number of anilines is 3. The summed E-state index contributed by atoms with van der Waals surface area (Å²) in [7, 11) is -1.79. The van der Waals surface area contributed by atoms with Gasteiger partial charge in [0.05, 0.1) is 9.37 Å². The van der Waals surface area contributed by atoms with E-state index in [1.165, 1.54) is 12.1 Å². The lowest BCUT2D eigenvalue weighted by molar-refractivity contribution is 0.111. The molecule has 2 aromatic rings. The molecule has 0 spiro atoms. The fourth-order valence-corrected chi connectivity index (χ4v) is 3.51. The Kier molecular flexibility index (Phi) is 5.23. The molecule has 1 aliphatic rings. The minimum Gasteiger partial charge on any atom is -0.358 e. The number of ether oxygens (including phenoxy) is 1. The third kappa shape index (κ3) is 4.27. The van der Waals surface area contributed by atoms with Crippen LogP contribution in [0.15, 0.2) is 39.8 Å². The van der Waals surface area contributed by atoms with Crippen molar-refractivity contribution in [1.82, 2.24) is 9.97 Å². The molecule has 3 N–H and O–H groups in total. The summed E-state index contributed by atoms with van der Waals surface area (Å²) in [5, 5.41) is 8.14. The van der Waals surface area contributed by atoms with E-state index < -0.39 is 10.0 Å². The van der Waals surface area contributed by atoms with Crippen LogP contribution in [0.1, 0.15) is 12.8 Å². The zero-order chi connectivity index (χ0) is 18.0. The third-order valence-corrected chi connectivity index (χ3v) is 5.32. The average Bonchev–Trinajstić information content (AvgIpc) is 3.10. The molecule has 0 aliphatic carbocycles. The van der Waals surface area contributed by atoms with Crippen LogP contribution in [-0.4, -0.2) is 38.3 Å². The third-order valence-electron chi connectivity index (χ3n) is 3.84. The summed E-state index contributed by atoms with van der Waals surface area (Å²) in [5.41, 5.74) is 0.653. The first-order valence-corrected chi connectivity index (χ1v) is 9.95. The van der Waals surface area contributed by atoms with Crippen LogP contribution in [0.25, 0.3) is 0 Å².